The van der Waals surface area contributed by atoms with Crippen molar-refractivity contribution in [3.63, 3.8) is 0 Å². The molecule has 1 aromatic rings. The molecule has 0 radical (unpaired) electrons. The lowest BCUT2D eigenvalue weighted by molar-refractivity contribution is 0.0475. The molecular formula is C14H18O4S. The lowest BCUT2D eigenvalue weighted by Crippen LogP contribution is -2.15. The van der Waals surface area contributed by atoms with Gasteiger partial charge in [0.05, 0.1) is 24.3 Å². The topological polar surface area (TPSA) is 52.6 Å². The molecule has 1 aromatic carbocycles. The van der Waals surface area contributed by atoms with Crippen LogP contribution in [-0.2, 0) is 9.47 Å². The third kappa shape index (κ3) is 3.99. The van der Waals surface area contributed by atoms with Crippen molar-refractivity contribution in [3.8, 4) is 0 Å². The lowest BCUT2D eigenvalue weighted by Gasteiger charge is -2.12. The van der Waals surface area contributed by atoms with Crippen molar-refractivity contribution in [1.29, 1.82) is 0 Å². The van der Waals surface area contributed by atoms with E-state index in [4.69, 9.17) is 9.47 Å². The zero-order valence-electron chi connectivity index (χ0n) is 11.4. The van der Waals surface area contributed by atoms with E-state index >= 15 is 0 Å². The molecule has 0 spiro atoms. The van der Waals surface area contributed by atoms with Crippen molar-refractivity contribution >= 4 is 23.7 Å². The van der Waals surface area contributed by atoms with Gasteiger partial charge in [-0.3, -0.25) is 0 Å². The maximum Gasteiger partial charge on any atom is 0.340 e. The van der Waals surface area contributed by atoms with Crippen molar-refractivity contribution in [2.75, 3.05) is 19.0 Å². The second-order valence-corrected chi connectivity index (χ2v) is 4.86. The Morgan fingerprint density at radius 2 is 1.68 bits per heavy atom. The molecule has 1 rings (SSSR count). The van der Waals surface area contributed by atoms with Crippen LogP contribution in [0.15, 0.2) is 23.1 Å². The minimum Gasteiger partial charge on any atom is -0.462 e. The molecule has 19 heavy (non-hydrogen) atoms. The fourth-order valence-corrected chi connectivity index (χ4v) is 2.42. The minimum absolute atomic E-state index is 0.263. The maximum atomic E-state index is 12.0. The van der Waals surface area contributed by atoms with Gasteiger partial charge >= 0.3 is 11.9 Å². The Bertz CT molecular complexity index is 457. The summed E-state index contributed by atoms with van der Waals surface area (Å²) in [6.07, 6.45) is 0. The maximum absolute atomic E-state index is 12.0. The molecule has 4 nitrogen and oxygen atoms in total. The highest BCUT2D eigenvalue weighted by molar-refractivity contribution is 7.99. The Balaban J connectivity index is 3.24. The molecule has 0 heterocycles. The Morgan fingerprint density at radius 3 is 2.26 bits per heavy atom. The molecule has 104 valence electrons. The second-order valence-electron chi connectivity index (χ2n) is 3.55. The number of ether oxygens (including phenoxy) is 2. The van der Waals surface area contributed by atoms with E-state index in [-0.39, 0.29) is 18.8 Å². The largest absolute Gasteiger partial charge is 0.462 e. The van der Waals surface area contributed by atoms with Crippen LogP contribution in [0.2, 0.25) is 0 Å². The van der Waals surface area contributed by atoms with Crippen LogP contribution < -0.4 is 0 Å². The van der Waals surface area contributed by atoms with Gasteiger partial charge in [-0.15, -0.1) is 11.8 Å². The van der Waals surface area contributed by atoms with Crippen LogP contribution in [0.3, 0.4) is 0 Å². The Morgan fingerprint density at radius 1 is 1.05 bits per heavy atom. The molecule has 0 amide bonds. The smallest absolute Gasteiger partial charge is 0.340 e. The summed E-state index contributed by atoms with van der Waals surface area (Å²) in [5, 5.41) is 0. The van der Waals surface area contributed by atoms with Gasteiger partial charge in [-0.2, -0.15) is 0 Å². The van der Waals surface area contributed by atoms with Crippen LogP contribution >= 0.6 is 11.8 Å². The molecular weight excluding hydrogens is 264 g/mol. The SMILES string of the molecule is CCOC(=O)c1cccc(SCC)c1C(=O)OCC. The zero-order valence-corrected chi connectivity index (χ0v) is 12.2. The Kier molecular flexibility index (Phi) is 6.42. The third-order valence-electron chi connectivity index (χ3n) is 2.30. The average molecular weight is 282 g/mol. The fourth-order valence-electron chi connectivity index (χ4n) is 1.60. The van der Waals surface area contributed by atoms with E-state index in [0.717, 1.165) is 10.6 Å². The van der Waals surface area contributed by atoms with Gasteiger partial charge in [0.25, 0.3) is 0 Å². The van der Waals surface area contributed by atoms with Gasteiger partial charge in [0.2, 0.25) is 0 Å². The van der Waals surface area contributed by atoms with Gasteiger partial charge in [-0.25, -0.2) is 9.59 Å². The summed E-state index contributed by atoms with van der Waals surface area (Å²) in [4.78, 5) is 24.7. The van der Waals surface area contributed by atoms with Crippen LogP contribution in [-0.4, -0.2) is 30.9 Å². The first-order valence-corrected chi connectivity index (χ1v) is 7.24. The molecule has 0 aliphatic carbocycles. The number of thioether (sulfide) groups is 1. The molecule has 0 atom stereocenters. The van der Waals surface area contributed by atoms with Crippen LogP contribution in [0.5, 0.6) is 0 Å². The predicted octanol–water partition coefficient (Wildman–Crippen LogP) is 3.15. The van der Waals surface area contributed by atoms with E-state index in [2.05, 4.69) is 0 Å². The van der Waals surface area contributed by atoms with Crippen molar-refractivity contribution < 1.29 is 19.1 Å². The van der Waals surface area contributed by atoms with E-state index in [1.54, 1.807) is 26.0 Å². The molecule has 0 aliphatic rings. The molecule has 0 fully saturated rings. The van der Waals surface area contributed by atoms with Crippen molar-refractivity contribution in [2.24, 2.45) is 0 Å². The summed E-state index contributed by atoms with van der Waals surface area (Å²) in [6.45, 7) is 5.99. The number of hydrogen-bond donors (Lipinski definition) is 0. The van der Waals surface area contributed by atoms with Crippen LogP contribution in [0.25, 0.3) is 0 Å². The second kappa shape index (κ2) is 7.84. The Hall–Kier alpha value is -1.49. The highest BCUT2D eigenvalue weighted by Gasteiger charge is 2.22. The van der Waals surface area contributed by atoms with Crippen molar-refractivity contribution in [2.45, 2.75) is 25.7 Å². The monoisotopic (exact) mass is 282 g/mol. The van der Waals surface area contributed by atoms with Crippen LogP contribution in [0.4, 0.5) is 0 Å². The normalized spacial score (nSPS) is 10.1. The van der Waals surface area contributed by atoms with Crippen molar-refractivity contribution in [1.82, 2.24) is 0 Å². The molecule has 0 saturated heterocycles. The zero-order chi connectivity index (χ0) is 14.3. The van der Waals surface area contributed by atoms with E-state index in [0.29, 0.717) is 5.56 Å². The predicted molar refractivity (Wildman–Crippen MR) is 74.8 cm³/mol. The number of carbonyl (C=O) groups is 2. The summed E-state index contributed by atoms with van der Waals surface area (Å²) in [6, 6.07) is 5.14. The molecule has 0 N–H and O–H groups in total. The first-order chi connectivity index (χ1) is 9.15. The molecule has 0 aliphatic heterocycles. The number of benzene rings is 1. The lowest BCUT2D eigenvalue weighted by atomic mass is 10.1. The van der Waals surface area contributed by atoms with E-state index in [1.165, 1.54) is 11.8 Å². The standard InChI is InChI=1S/C14H18O4S/c1-4-17-13(15)10-8-7-9-11(19-6-3)12(10)14(16)18-5-2/h7-9H,4-6H2,1-3H3. The minimum atomic E-state index is -0.496. The first-order valence-electron chi connectivity index (χ1n) is 6.25. The highest BCUT2D eigenvalue weighted by Crippen LogP contribution is 2.26. The number of esters is 2. The van der Waals surface area contributed by atoms with E-state index < -0.39 is 11.9 Å². The molecule has 0 aromatic heterocycles. The van der Waals surface area contributed by atoms with Gasteiger partial charge in [0.15, 0.2) is 0 Å². The third-order valence-corrected chi connectivity index (χ3v) is 3.24. The summed E-state index contributed by atoms with van der Waals surface area (Å²) in [5.41, 5.74) is 0.563. The first kappa shape index (κ1) is 15.6. The van der Waals surface area contributed by atoms with Gasteiger partial charge in [0, 0.05) is 4.90 Å². The number of hydrogen-bond acceptors (Lipinski definition) is 5. The van der Waals surface area contributed by atoms with Crippen LogP contribution in [0, 0.1) is 0 Å². The van der Waals surface area contributed by atoms with Crippen LogP contribution in [0.1, 0.15) is 41.5 Å². The highest BCUT2D eigenvalue weighted by atomic mass is 32.2. The molecule has 0 saturated carbocycles. The summed E-state index contributed by atoms with van der Waals surface area (Å²) >= 11 is 1.50. The van der Waals surface area contributed by atoms with Gasteiger partial charge in [-0.05, 0) is 31.7 Å². The van der Waals surface area contributed by atoms with E-state index in [1.807, 2.05) is 13.0 Å². The number of carbonyl (C=O) groups excluding carboxylic acids is 2. The summed E-state index contributed by atoms with van der Waals surface area (Å²) in [7, 11) is 0. The fraction of sp³-hybridized carbons (Fsp3) is 0.429. The summed E-state index contributed by atoms with van der Waals surface area (Å²) < 4.78 is 10.00. The van der Waals surface area contributed by atoms with Gasteiger partial charge in [0.1, 0.15) is 0 Å². The van der Waals surface area contributed by atoms with Gasteiger partial charge < -0.3 is 9.47 Å². The quantitative estimate of drug-likeness (QED) is 0.592. The molecule has 0 unspecified atom stereocenters. The number of rotatable bonds is 6. The van der Waals surface area contributed by atoms with Gasteiger partial charge in [-0.1, -0.05) is 13.0 Å². The molecule has 0 bridgehead atoms. The molecule has 5 heteroatoms. The Labute approximate surface area is 117 Å². The summed E-state index contributed by atoms with van der Waals surface area (Å²) in [5.74, 6) is -0.176. The van der Waals surface area contributed by atoms with E-state index in [9.17, 15) is 9.59 Å². The average Bonchev–Trinajstić information content (AvgIpc) is 2.39. The van der Waals surface area contributed by atoms with Crippen molar-refractivity contribution in [3.05, 3.63) is 29.3 Å².